The second-order valence-corrected chi connectivity index (χ2v) is 11.5. The number of halogens is 6. The van der Waals surface area contributed by atoms with Crippen molar-refractivity contribution >= 4 is 24.0 Å². The first-order valence-corrected chi connectivity index (χ1v) is 14.6. The number of rotatable bonds is 5. The van der Waals surface area contributed by atoms with Crippen molar-refractivity contribution in [2.45, 2.75) is 45.2 Å². The molecule has 5 rings (SSSR count). The van der Waals surface area contributed by atoms with Gasteiger partial charge in [0.25, 0.3) is 6.47 Å². The molecule has 3 atom stereocenters. The Balaban J connectivity index is 0.00000160. The molecule has 2 fully saturated rings. The summed E-state index contributed by atoms with van der Waals surface area (Å²) in [6.45, 7) is 7.12. The monoisotopic (exact) mass is 668 g/mol. The predicted molar refractivity (Wildman–Crippen MR) is 162 cm³/mol. The van der Waals surface area contributed by atoms with E-state index >= 15 is 13.2 Å². The minimum absolute atomic E-state index is 0.113. The van der Waals surface area contributed by atoms with Gasteiger partial charge in [-0.25, -0.2) is 23.1 Å². The maximum atomic E-state index is 16.7. The summed E-state index contributed by atoms with van der Waals surface area (Å²) in [5, 5.41) is 6.89. The lowest BCUT2D eigenvalue weighted by Crippen LogP contribution is -2.50. The molecule has 10 nitrogen and oxygen atoms in total. The number of ether oxygens (including phenoxy) is 1. The van der Waals surface area contributed by atoms with E-state index < -0.39 is 57.4 Å². The number of piperazine rings is 1. The zero-order valence-electron chi connectivity index (χ0n) is 26.0. The summed E-state index contributed by atoms with van der Waals surface area (Å²) in [5.41, 5.74) is -0.817. The molecule has 3 aromatic rings. The van der Waals surface area contributed by atoms with Crippen molar-refractivity contribution in [3.8, 4) is 22.3 Å². The third-order valence-corrected chi connectivity index (χ3v) is 8.08. The second kappa shape index (κ2) is 14.1. The quantitative estimate of drug-likeness (QED) is 0.292. The second-order valence-electron chi connectivity index (χ2n) is 11.5. The van der Waals surface area contributed by atoms with Gasteiger partial charge in [-0.15, -0.1) is 0 Å². The van der Waals surface area contributed by atoms with E-state index in [9.17, 15) is 18.0 Å². The fraction of sp³-hybridized carbons (Fsp3) is 0.419. The SMILES string of the molecule is CC1CN(c2cc(F)c(-c3cnc(N4C[C@@H](C)O[C@H](C)C4)nc3)c(F)c2-c2c(F)ccc(C(N)=O)c2C(F)(F)F)CCN1C.O=CO. The van der Waals surface area contributed by atoms with Crippen molar-refractivity contribution in [3.63, 3.8) is 0 Å². The van der Waals surface area contributed by atoms with Gasteiger partial charge in [-0.2, -0.15) is 13.2 Å². The number of amides is 1. The highest BCUT2D eigenvalue weighted by molar-refractivity contribution is 5.98. The lowest BCUT2D eigenvalue weighted by atomic mass is 9.89. The van der Waals surface area contributed by atoms with Crippen molar-refractivity contribution in [1.82, 2.24) is 14.9 Å². The number of primary amides is 1. The molecule has 254 valence electrons. The molecule has 2 aliphatic rings. The van der Waals surface area contributed by atoms with Crippen LogP contribution in [-0.4, -0.2) is 90.4 Å². The van der Waals surface area contributed by atoms with Gasteiger partial charge in [-0.1, -0.05) is 0 Å². The first-order valence-electron chi connectivity index (χ1n) is 14.6. The van der Waals surface area contributed by atoms with Crippen molar-refractivity contribution < 1.29 is 45.8 Å². The smallest absolute Gasteiger partial charge is 0.417 e. The number of nitrogens with zero attached hydrogens (tertiary/aromatic N) is 5. The van der Waals surface area contributed by atoms with Crippen LogP contribution < -0.4 is 15.5 Å². The van der Waals surface area contributed by atoms with Crippen LogP contribution in [0.1, 0.15) is 36.7 Å². The molecule has 3 N–H and O–H groups in total. The topological polar surface area (TPSA) is 125 Å². The maximum absolute atomic E-state index is 16.7. The zero-order chi connectivity index (χ0) is 34.8. The van der Waals surface area contributed by atoms with Crippen molar-refractivity contribution in [1.29, 1.82) is 0 Å². The minimum atomic E-state index is -5.31. The average Bonchev–Trinajstić information content (AvgIpc) is 2.98. The molecule has 1 amide bonds. The number of anilines is 2. The molecule has 0 saturated carbocycles. The van der Waals surface area contributed by atoms with Crippen molar-refractivity contribution in [2.75, 3.05) is 49.6 Å². The maximum Gasteiger partial charge on any atom is 0.417 e. The van der Waals surface area contributed by atoms with Crippen LogP contribution >= 0.6 is 0 Å². The van der Waals surface area contributed by atoms with Crippen LogP contribution in [0.2, 0.25) is 0 Å². The summed E-state index contributed by atoms with van der Waals surface area (Å²) in [6.07, 6.45) is -3.21. The minimum Gasteiger partial charge on any atom is -0.483 e. The van der Waals surface area contributed by atoms with E-state index in [1.807, 2.05) is 37.6 Å². The largest absolute Gasteiger partial charge is 0.483 e. The van der Waals surface area contributed by atoms with Gasteiger partial charge in [-0.3, -0.25) is 9.59 Å². The van der Waals surface area contributed by atoms with Crippen LogP contribution in [0.25, 0.3) is 22.3 Å². The predicted octanol–water partition coefficient (Wildman–Crippen LogP) is 4.80. The Kier molecular flexibility index (Phi) is 10.6. The first-order chi connectivity index (χ1) is 22.1. The number of carbonyl (C=O) groups is 2. The van der Waals surface area contributed by atoms with Crippen LogP contribution in [-0.2, 0) is 15.7 Å². The van der Waals surface area contributed by atoms with Gasteiger partial charge >= 0.3 is 6.18 Å². The number of nitrogens with two attached hydrogens (primary N) is 1. The number of carbonyl (C=O) groups excluding carboxylic acids is 1. The van der Waals surface area contributed by atoms with Crippen molar-refractivity contribution in [2.24, 2.45) is 5.73 Å². The number of likely N-dealkylation sites (N-methyl/N-ethyl adjacent to an activating group) is 1. The Morgan fingerprint density at radius 2 is 1.55 bits per heavy atom. The third kappa shape index (κ3) is 7.43. The Labute approximate surface area is 266 Å². The summed E-state index contributed by atoms with van der Waals surface area (Å²) in [4.78, 5) is 34.3. The van der Waals surface area contributed by atoms with Crippen molar-refractivity contribution in [3.05, 3.63) is 59.2 Å². The van der Waals surface area contributed by atoms with E-state index in [0.29, 0.717) is 31.8 Å². The highest BCUT2D eigenvalue weighted by Gasteiger charge is 2.42. The normalized spacial score (nSPS) is 20.4. The van der Waals surface area contributed by atoms with Crippen LogP contribution in [0.5, 0.6) is 0 Å². The molecule has 0 spiro atoms. The number of hydrogen-bond acceptors (Lipinski definition) is 8. The highest BCUT2D eigenvalue weighted by Crippen LogP contribution is 2.47. The molecule has 1 unspecified atom stereocenters. The van der Waals surface area contributed by atoms with Gasteiger partial charge in [0, 0.05) is 67.8 Å². The summed E-state index contributed by atoms with van der Waals surface area (Å²) >= 11 is 0. The number of alkyl halides is 3. The third-order valence-electron chi connectivity index (χ3n) is 8.08. The van der Waals surface area contributed by atoms with Gasteiger partial charge < -0.3 is 30.3 Å². The van der Waals surface area contributed by atoms with E-state index in [1.54, 1.807) is 0 Å². The average molecular weight is 669 g/mol. The standard InChI is InChI=1S/C30H32F6N6O2.CH2O2/c1-15-12-41(8-7-40(15)4)22-9-21(32)23(18-10-38-29(39-11-18)42-13-16(2)44-17(3)14-42)27(33)25(22)24-20(31)6-5-19(28(37)43)26(24)30(34,35)36;2-1-3/h5-6,9-11,15-17H,7-8,12-14H2,1-4H3,(H2,37,43);1H,(H,2,3)/t15?,16-,17-;/m1./s1. The van der Waals surface area contributed by atoms with Crippen LogP contribution in [0.4, 0.5) is 38.0 Å². The van der Waals surface area contributed by atoms with E-state index in [1.165, 1.54) is 4.90 Å². The molecule has 2 saturated heterocycles. The summed E-state index contributed by atoms with van der Waals surface area (Å²) < 4.78 is 97.4. The Morgan fingerprint density at radius 3 is 2.09 bits per heavy atom. The Bertz CT molecular complexity index is 1610. The van der Waals surface area contributed by atoms with E-state index in [0.717, 1.165) is 18.5 Å². The van der Waals surface area contributed by atoms with E-state index in [4.69, 9.17) is 20.4 Å². The lowest BCUT2D eigenvalue weighted by molar-refractivity contribution is -0.137. The zero-order valence-corrected chi connectivity index (χ0v) is 26.0. The lowest BCUT2D eigenvalue weighted by Gasteiger charge is -2.40. The molecule has 0 aliphatic carbocycles. The van der Waals surface area contributed by atoms with Crippen LogP contribution in [0.3, 0.4) is 0 Å². The Morgan fingerprint density at radius 1 is 0.957 bits per heavy atom. The van der Waals surface area contributed by atoms with Crippen LogP contribution in [0.15, 0.2) is 30.6 Å². The fourth-order valence-electron chi connectivity index (χ4n) is 5.90. The van der Waals surface area contributed by atoms with Crippen LogP contribution in [0, 0.1) is 17.5 Å². The molecule has 1 aromatic heterocycles. The molecule has 2 aromatic carbocycles. The number of carboxylic acid groups (broad SMARTS) is 1. The van der Waals surface area contributed by atoms with E-state index in [2.05, 4.69) is 9.97 Å². The van der Waals surface area contributed by atoms with Gasteiger partial charge in [0.15, 0.2) is 0 Å². The number of benzene rings is 2. The number of aromatic nitrogens is 2. The first kappa shape index (κ1) is 35.4. The Hall–Kier alpha value is -4.44. The molecule has 16 heteroatoms. The van der Waals surface area contributed by atoms with Gasteiger partial charge in [0.2, 0.25) is 11.9 Å². The summed E-state index contributed by atoms with van der Waals surface area (Å²) in [6, 6.07) is 1.97. The molecule has 47 heavy (non-hydrogen) atoms. The fourth-order valence-corrected chi connectivity index (χ4v) is 5.90. The highest BCUT2D eigenvalue weighted by atomic mass is 19.4. The molecular weight excluding hydrogens is 634 g/mol. The molecule has 0 radical (unpaired) electrons. The van der Waals surface area contributed by atoms with Gasteiger partial charge in [0.1, 0.15) is 17.5 Å². The number of morpholine rings is 1. The molecular formula is C31H34F6N6O4. The van der Waals surface area contributed by atoms with E-state index in [-0.39, 0.29) is 55.0 Å². The number of hydrogen-bond donors (Lipinski definition) is 2. The van der Waals surface area contributed by atoms with Gasteiger partial charge in [0.05, 0.1) is 34.6 Å². The van der Waals surface area contributed by atoms with Gasteiger partial charge in [-0.05, 0) is 46.0 Å². The molecule has 0 bridgehead atoms. The molecule has 3 heterocycles. The molecule has 2 aliphatic heterocycles. The summed E-state index contributed by atoms with van der Waals surface area (Å²) in [7, 11) is 1.84. The summed E-state index contributed by atoms with van der Waals surface area (Å²) in [5.74, 6) is -5.21.